The molecule has 1 aliphatic heterocycles. The maximum Gasteiger partial charge on any atom is 0.409 e. The average Bonchev–Trinajstić information content (AvgIpc) is 3.24. The summed E-state index contributed by atoms with van der Waals surface area (Å²) in [5.41, 5.74) is 1.43. The van der Waals surface area contributed by atoms with Gasteiger partial charge in [-0.2, -0.15) is 4.31 Å². The molecule has 136 valence electrons. The monoisotopic (exact) mass is 385 g/mol. The Labute approximate surface area is 150 Å². The third-order valence-electron chi connectivity index (χ3n) is 3.85. The van der Waals surface area contributed by atoms with Crippen molar-refractivity contribution in [1.82, 2.24) is 14.4 Å². The fraction of sp³-hybridized carbons (Fsp3) is 0.467. The lowest BCUT2D eigenvalue weighted by molar-refractivity contribution is 0.0934. The van der Waals surface area contributed by atoms with Crippen LogP contribution in [0.5, 0.6) is 0 Å². The van der Waals surface area contributed by atoms with Gasteiger partial charge in [0.15, 0.2) is 5.76 Å². The predicted octanol–water partition coefficient (Wildman–Crippen LogP) is 2.17. The Morgan fingerprint density at radius 2 is 2.04 bits per heavy atom. The molecule has 0 saturated carbocycles. The van der Waals surface area contributed by atoms with E-state index in [4.69, 9.17) is 9.26 Å². The third kappa shape index (κ3) is 3.70. The standard InChI is InChI=1S/C15H19N3O5S2/c1-3-22-15(19)17-4-6-18(7-5-17)25(20,21)14-9-12(10-24-14)13-8-11(2)16-23-13/h8-10H,3-7H2,1-2H3. The van der Waals surface area contributed by atoms with Crippen molar-refractivity contribution >= 4 is 27.5 Å². The summed E-state index contributed by atoms with van der Waals surface area (Å²) in [7, 11) is -3.59. The van der Waals surface area contributed by atoms with Crippen LogP contribution in [-0.2, 0) is 14.8 Å². The highest BCUT2D eigenvalue weighted by Gasteiger charge is 2.31. The first kappa shape index (κ1) is 17.9. The lowest BCUT2D eigenvalue weighted by Crippen LogP contribution is -2.50. The number of rotatable bonds is 4. The first-order valence-corrected chi connectivity index (χ1v) is 10.2. The van der Waals surface area contributed by atoms with Crippen molar-refractivity contribution in [1.29, 1.82) is 0 Å². The normalized spacial score (nSPS) is 16.2. The maximum atomic E-state index is 12.8. The number of nitrogens with zero attached hydrogens (tertiary/aromatic N) is 3. The fourth-order valence-corrected chi connectivity index (χ4v) is 5.28. The molecular formula is C15H19N3O5S2. The van der Waals surface area contributed by atoms with Gasteiger partial charge in [-0.1, -0.05) is 5.16 Å². The summed E-state index contributed by atoms with van der Waals surface area (Å²) in [5.74, 6) is 0.544. The van der Waals surface area contributed by atoms with Gasteiger partial charge < -0.3 is 14.2 Å². The molecule has 1 saturated heterocycles. The molecule has 1 fully saturated rings. The van der Waals surface area contributed by atoms with Crippen LogP contribution in [0.2, 0.25) is 0 Å². The van der Waals surface area contributed by atoms with Crippen LogP contribution in [-0.4, -0.2) is 61.7 Å². The summed E-state index contributed by atoms with van der Waals surface area (Å²) in [4.78, 5) is 13.2. The Kier molecular flexibility index (Phi) is 5.11. The number of hydrogen-bond acceptors (Lipinski definition) is 7. The van der Waals surface area contributed by atoms with E-state index in [1.165, 1.54) is 9.21 Å². The van der Waals surface area contributed by atoms with Crippen molar-refractivity contribution in [2.75, 3.05) is 32.8 Å². The zero-order chi connectivity index (χ0) is 18.0. The molecule has 0 bridgehead atoms. The van der Waals surface area contributed by atoms with Crippen LogP contribution in [0.4, 0.5) is 4.79 Å². The number of thiophene rings is 1. The Hall–Kier alpha value is -1.91. The molecule has 2 aromatic heterocycles. The molecule has 0 aliphatic carbocycles. The van der Waals surface area contributed by atoms with Crippen LogP contribution >= 0.6 is 11.3 Å². The zero-order valence-corrected chi connectivity index (χ0v) is 15.6. The zero-order valence-electron chi connectivity index (χ0n) is 14.0. The van der Waals surface area contributed by atoms with E-state index in [0.717, 1.165) is 17.0 Å². The van der Waals surface area contributed by atoms with Crippen molar-refractivity contribution in [3.8, 4) is 11.3 Å². The van der Waals surface area contributed by atoms with Gasteiger partial charge in [0.2, 0.25) is 0 Å². The van der Waals surface area contributed by atoms with Crippen LogP contribution in [0.1, 0.15) is 12.6 Å². The topological polar surface area (TPSA) is 93.0 Å². The highest BCUT2D eigenvalue weighted by Crippen LogP contribution is 2.31. The molecule has 3 rings (SSSR count). The highest BCUT2D eigenvalue weighted by molar-refractivity contribution is 7.91. The van der Waals surface area contributed by atoms with Crippen LogP contribution in [0, 0.1) is 6.92 Å². The first-order chi connectivity index (χ1) is 11.9. The number of aromatic nitrogens is 1. The predicted molar refractivity (Wildman–Crippen MR) is 91.9 cm³/mol. The van der Waals surface area contributed by atoms with Gasteiger partial charge in [-0.25, -0.2) is 13.2 Å². The van der Waals surface area contributed by atoms with Gasteiger partial charge in [0.05, 0.1) is 12.3 Å². The van der Waals surface area contributed by atoms with Crippen molar-refractivity contribution in [3.63, 3.8) is 0 Å². The summed E-state index contributed by atoms with van der Waals surface area (Å²) in [5, 5.41) is 5.55. The summed E-state index contributed by atoms with van der Waals surface area (Å²) in [6.45, 7) is 4.97. The number of carbonyl (C=O) groups is 1. The minimum Gasteiger partial charge on any atom is -0.450 e. The molecule has 3 heterocycles. The van der Waals surface area contributed by atoms with Crippen molar-refractivity contribution in [2.24, 2.45) is 0 Å². The van der Waals surface area contributed by atoms with Crippen molar-refractivity contribution in [3.05, 3.63) is 23.2 Å². The Morgan fingerprint density at radius 3 is 2.64 bits per heavy atom. The van der Waals surface area contributed by atoms with Gasteiger partial charge in [-0.05, 0) is 19.9 Å². The summed E-state index contributed by atoms with van der Waals surface area (Å²) in [6.07, 6.45) is -0.404. The van der Waals surface area contributed by atoms with Gasteiger partial charge in [0, 0.05) is 43.2 Å². The average molecular weight is 385 g/mol. The molecular weight excluding hydrogens is 366 g/mol. The van der Waals surface area contributed by atoms with Crippen LogP contribution < -0.4 is 0 Å². The molecule has 1 amide bonds. The van der Waals surface area contributed by atoms with Crippen molar-refractivity contribution in [2.45, 2.75) is 18.1 Å². The number of carbonyl (C=O) groups excluding carboxylic acids is 1. The molecule has 25 heavy (non-hydrogen) atoms. The first-order valence-electron chi connectivity index (χ1n) is 7.86. The van der Waals surface area contributed by atoms with Crippen LogP contribution in [0.3, 0.4) is 0 Å². The summed E-state index contributed by atoms with van der Waals surface area (Å²) < 4.78 is 37.4. The molecule has 1 aliphatic rings. The van der Waals surface area contributed by atoms with E-state index in [9.17, 15) is 13.2 Å². The molecule has 0 unspecified atom stereocenters. The molecule has 0 spiro atoms. The fourth-order valence-electron chi connectivity index (χ4n) is 2.53. The number of piperazine rings is 1. The molecule has 8 nitrogen and oxygen atoms in total. The second-order valence-electron chi connectivity index (χ2n) is 5.58. The Morgan fingerprint density at radius 1 is 1.32 bits per heavy atom. The van der Waals surface area contributed by atoms with E-state index in [2.05, 4.69) is 5.16 Å². The van der Waals surface area contributed by atoms with E-state index in [1.807, 2.05) is 0 Å². The lowest BCUT2D eigenvalue weighted by Gasteiger charge is -2.32. The maximum absolute atomic E-state index is 12.8. The summed E-state index contributed by atoms with van der Waals surface area (Å²) in [6, 6.07) is 3.36. The number of hydrogen-bond donors (Lipinski definition) is 0. The largest absolute Gasteiger partial charge is 0.450 e. The van der Waals surface area contributed by atoms with E-state index in [0.29, 0.717) is 31.0 Å². The van der Waals surface area contributed by atoms with Gasteiger partial charge in [-0.15, -0.1) is 11.3 Å². The minimum atomic E-state index is -3.59. The quantitative estimate of drug-likeness (QED) is 0.801. The van der Waals surface area contributed by atoms with Crippen LogP contribution in [0.15, 0.2) is 26.2 Å². The van der Waals surface area contributed by atoms with Gasteiger partial charge in [0.1, 0.15) is 4.21 Å². The molecule has 2 aromatic rings. The molecule has 0 aromatic carbocycles. The van der Waals surface area contributed by atoms with E-state index in [1.54, 1.807) is 31.4 Å². The number of sulfonamides is 1. The van der Waals surface area contributed by atoms with Gasteiger partial charge in [-0.3, -0.25) is 0 Å². The number of aryl methyl sites for hydroxylation is 1. The highest BCUT2D eigenvalue weighted by atomic mass is 32.2. The van der Waals surface area contributed by atoms with Crippen molar-refractivity contribution < 1.29 is 22.5 Å². The minimum absolute atomic E-state index is 0.246. The number of ether oxygens (including phenoxy) is 1. The second-order valence-corrected chi connectivity index (χ2v) is 8.65. The molecule has 0 radical (unpaired) electrons. The number of amides is 1. The van der Waals surface area contributed by atoms with Gasteiger partial charge >= 0.3 is 6.09 Å². The molecule has 0 atom stereocenters. The SMILES string of the molecule is CCOC(=O)N1CCN(S(=O)(=O)c2cc(-c3cc(C)no3)cs2)CC1. The van der Waals surface area contributed by atoms with E-state index in [-0.39, 0.29) is 17.3 Å². The molecule has 0 N–H and O–H groups in total. The van der Waals surface area contributed by atoms with E-state index >= 15 is 0 Å². The Balaban J connectivity index is 1.71. The van der Waals surface area contributed by atoms with E-state index < -0.39 is 16.1 Å². The smallest absolute Gasteiger partial charge is 0.409 e. The van der Waals surface area contributed by atoms with Gasteiger partial charge in [0.25, 0.3) is 10.0 Å². The molecule has 10 heteroatoms. The Bertz CT molecular complexity index is 850. The summed E-state index contributed by atoms with van der Waals surface area (Å²) >= 11 is 1.15. The lowest BCUT2D eigenvalue weighted by atomic mass is 10.2. The third-order valence-corrected chi connectivity index (χ3v) is 7.16. The van der Waals surface area contributed by atoms with Crippen LogP contribution in [0.25, 0.3) is 11.3 Å². The second kappa shape index (κ2) is 7.14.